The molecule has 0 N–H and O–H groups in total. The van der Waals surface area contributed by atoms with Crippen molar-refractivity contribution in [1.29, 1.82) is 0 Å². The Morgan fingerprint density at radius 2 is 1.83 bits per heavy atom. The normalized spacial score (nSPS) is 14.8. The standard InChI is InChI=1S/C9H20O2Si/c1-8(2)9(6-7-10)11-12(3,4)5/h7-9H,6H2,1-5H3/t9-/m0/s1. The third-order valence-corrected chi connectivity index (χ3v) is 2.59. The largest absolute Gasteiger partial charge is 0.414 e. The van der Waals surface area contributed by atoms with Gasteiger partial charge < -0.3 is 9.22 Å². The molecule has 0 amide bonds. The first-order valence-electron chi connectivity index (χ1n) is 4.48. The monoisotopic (exact) mass is 188 g/mol. The molecule has 12 heavy (non-hydrogen) atoms. The van der Waals surface area contributed by atoms with Crippen molar-refractivity contribution in [1.82, 2.24) is 0 Å². The quantitative estimate of drug-likeness (QED) is 0.489. The van der Waals surface area contributed by atoms with Gasteiger partial charge in [-0.2, -0.15) is 0 Å². The maximum Gasteiger partial charge on any atom is 0.184 e. The number of hydrogen-bond acceptors (Lipinski definition) is 2. The topological polar surface area (TPSA) is 26.3 Å². The lowest BCUT2D eigenvalue weighted by Crippen LogP contribution is -2.35. The second-order valence-corrected chi connectivity index (χ2v) is 8.88. The Morgan fingerprint density at radius 1 is 1.33 bits per heavy atom. The third-order valence-electron chi connectivity index (χ3n) is 1.58. The summed E-state index contributed by atoms with van der Waals surface area (Å²) in [5.41, 5.74) is 0. The third kappa shape index (κ3) is 5.49. The Kier molecular flexibility index (Phi) is 4.71. The van der Waals surface area contributed by atoms with E-state index in [4.69, 9.17) is 4.43 Å². The fourth-order valence-electron chi connectivity index (χ4n) is 1.01. The maximum absolute atomic E-state index is 10.3. The molecule has 0 radical (unpaired) electrons. The SMILES string of the molecule is CC(C)[C@H](CC=O)O[Si](C)(C)C. The molecule has 0 aliphatic carbocycles. The van der Waals surface area contributed by atoms with Crippen LogP contribution >= 0.6 is 0 Å². The Morgan fingerprint density at radius 3 is 2.08 bits per heavy atom. The molecule has 0 aliphatic heterocycles. The fraction of sp³-hybridized carbons (Fsp3) is 0.889. The van der Waals surface area contributed by atoms with Gasteiger partial charge in [0.05, 0.1) is 6.10 Å². The van der Waals surface area contributed by atoms with Crippen LogP contribution in [-0.2, 0) is 9.22 Å². The van der Waals surface area contributed by atoms with Crippen molar-refractivity contribution in [3.05, 3.63) is 0 Å². The molecule has 0 heterocycles. The van der Waals surface area contributed by atoms with E-state index >= 15 is 0 Å². The van der Waals surface area contributed by atoms with Crippen LogP contribution in [0.5, 0.6) is 0 Å². The van der Waals surface area contributed by atoms with E-state index in [-0.39, 0.29) is 6.10 Å². The lowest BCUT2D eigenvalue weighted by atomic mass is 10.1. The summed E-state index contributed by atoms with van der Waals surface area (Å²) < 4.78 is 5.85. The summed E-state index contributed by atoms with van der Waals surface area (Å²) >= 11 is 0. The van der Waals surface area contributed by atoms with Crippen LogP contribution in [0.25, 0.3) is 0 Å². The molecule has 0 aromatic rings. The predicted octanol–water partition coefficient (Wildman–Crippen LogP) is 2.45. The molecule has 3 heteroatoms. The van der Waals surface area contributed by atoms with Crippen molar-refractivity contribution in [2.24, 2.45) is 5.92 Å². The number of rotatable bonds is 5. The zero-order chi connectivity index (χ0) is 9.78. The number of hydrogen-bond donors (Lipinski definition) is 0. The highest BCUT2D eigenvalue weighted by Crippen LogP contribution is 2.15. The van der Waals surface area contributed by atoms with Crippen LogP contribution in [0.4, 0.5) is 0 Å². The van der Waals surface area contributed by atoms with Crippen LogP contribution in [0, 0.1) is 5.92 Å². The minimum absolute atomic E-state index is 0.120. The van der Waals surface area contributed by atoms with Crippen LogP contribution in [0.3, 0.4) is 0 Å². The molecule has 1 atom stereocenters. The first-order chi connectivity index (χ1) is 5.37. The Hall–Kier alpha value is -0.153. The van der Waals surface area contributed by atoms with Gasteiger partial charge in [-0.1, -0.05) is 13.8 Å². The average molecular weight is 188 g/mol. The van der Waals surface area contributed by atoms with Crippen LogP contribution in [0.1, 0.15) is 20.3 Å². The molecular weight excluding hydrogens is 168 g/mol. The first kappa shape index (κ1) is 11.8. The molecule has 0 fully saturated rings. The van der Waals surface area contributed by atoms with Gasteiger partial charge in [0.1, 0.15) is 6.29 Å². The molecule has 0 saturated heterocycles. The average Bonchev–Trinajstić information content (AvgIpc) is 1.83. The summed E-state index contributed by atoms with van der Waals surface area (Å²) in [6, 6.07) is 0. The van der Waals surface area contributed by atoms with Crippen LogP contribution in [0.2, 0.25) is 19.6 Å². The van der Waals surface area contributed by atoms with E-state index in [9.17, 15) is 4.79 Å². The minimum Gasteiger partial charge on any atom is -0.414 e. The predicted molar refractivity (Wildman–Crippen MR) is 53.7 cm³/mol. The van der Waals surface area contributed by atoms with E-state index in [1.54, 1.807) is 0 Å². The molecule has 0 saturated carbocycles. The van der Waals surface area contributed by atoms with E-state index in [0.29, 0.717) is 12.3 Å². The second kappa shape index (κ2) is 4.77. The summed E-state index contributed by atoms with van der Waals surface area (Å²) in [6.45, 7) is 10.6. The van der Waals surface area contributed by atoms with E-state index < -0.39 is 8.32 Å². The number of carbonyl (C=O) groups excluding carboxylic acids is 1. The van der Waals surface area contributed by atoms with E-state index in [2.05, 4.69) is 33.5 Å². The van der Waals surface area contributed by atoms with Crippen LogP contribution in [-0.4, -0.2) is 20.7 Å². The molecular formula is C9H20O2Si. The van der Waals surface area contributed by atoms with Crippen LogP contribution < -0.4 is 0 Å². The maximum atomic E-state index is 10.3. The van der Waals surface area contributed by atoms with Crippen molar-refractivity contribution < 1.29 is 9.22 Å². The summed E-state index contributed by atoms with van der Waals surface area (Å²) in [5, 5.41) is 0. The Bertz CT molecular complexity index is 138. The van der Waals surface area contributed by atoms with Gasteiger partial charge in [0.25, 0.3) is 0 Å². The van der Waals surface area contributed by atoms with Gasteiger partial charge in [0.15, 0.2) is 8.32 Å². The zero-order valence-corrected chi connectivity index (χ0v) is 9.76. The van der Waals surface area contributed by atoms with Crippen molar-refractivity contribution in [2.45, 2.75) is 46.0 Å². The van der Waals surface area contributed by atoms with Gasteiger partial charge in [-0.3, -0.25) is 0 Å². The summed E-state index contributed by atoms with van der Waals surface area (Å²) in [5.74, 6) is 0.432. The molecule has 0 aliphatic rings. The smallest absolute Gasteiger partial charge is 0.184 e. The van der Waals surface area contributed by atoms with Crippen molar-refractivity contribution in [2.75, 3.05) is 0 Å². The minimum atomic E-state index is -1.48. The summed E-state index contributed by atoms with van der Waals surface area (Å²) in [4.78, 5) is 10.3. The Balaban J connectivity index is 4.04. The molecule has 0 aromatic carbocycles. The number of aldehydes is 1. The first-order valence-corrected chi connectivity index (χ1v) is 7.89. The van der Waals surface area contributed by atoms with E-state index in [1.807, 2.05) is 0 Å². The highest BCUT2D eigenvalue weighted by molar-refractivity contribution is 6.69. The van der Waals surface area contributed by atoms with Gasteiger partial charge in [0.2, 0.25) is 0 Å². The number of carbonyl (C=O) groups is 1. The summed E-state index contributed by atoms with van der Waals surface area (Å²) in [7, 11) is -1.48. The van der Waals surface area contributed by atoms with Gasteiger partial charge in [-0.15, -0.1) is 0 Å². The molecule has 0 unspecified atom stereocenters. The molecule has 0 rings (SSSR count). The Labute approximate surface area is 76.4 Å². The lowest BCUT2D eigenvalue weighted by Gasteiger charge is -2.27. The van der Waals surface area contributed by atoms with E-state index in [1.165, 1.54) is 0 Å². The molecule has 2 nitrogen and oxygen atoms in total. The summed E-state index contributed by atoms with van der Waals surface area (Å²) in [6.07, 6.45) is 1.60. The van der Waals surface area contributed by atoms with Crippen molar-refractivity contribution in [3.63, 3.8) is 0 Å². The second-order valence-electron chi connectivity index (χ2n) is 4.42. The van der Waals surface area contributed by atoms with E-state index in [0.717, 1.165) is 6.29 Å². The van der Waals surface area contributed by atoms with Crippen molar-refractivity contribution in [3.8, 4) is 0 Å². The lowest BCUT2D eigenvalue weighted by molar-refractivity contribution is -0.109. The highest BCUT2D eigenvalue weighted by Gasteiger charge is 2.22. The highest BCUT2D eigenvalue weighted by atomic mass is 28.4. The van der Waals surface area contributed by atoms with Gasteiger partial charge in [0, 0.05) is 6.42 Å². The molecule has 72 valence electrons. The molecule has 0 bridgehead atoms. The van der Waals surface area contributed by atoms with Gasteiger partial charge in [-0.05, 0) is 25.6 Å². The molecule has 0 spiro atoms. The molecule has 0 aromatic heterocycles. The van der Waals surface area contributed by atoms with Crippen molar-refractivity contribution >= 4 is 14.6 Å². The van der Waals surface area contributed by atoms with Gasteiger partial charge in [-0.25, -0.2) is 0 Å². The van der Waals surface area contributed by atoms with Gasteiger partial charge >= 0.3 is 0 Å². The zero-order valence-electron chi connectivity index (χ0n) is 8.76. The fourth-order valence-corrected chi connectivity index (χ4v) is 2.28. The van der Waals surface area contributed by atoms with Crippen LogP contribution in [0.15, 0.2) is 0 Å².